The Hall–Kier alpha value is -4.04. The number of pyridine rings is 1. The number of amides is 1. The van der Waals surface area contributed by atoms with Crippen LogP contribution in [0.15, 0.2) is 35.4 Å². The zero-order chi connectivity index (χ0) is 31.0. The molecule has 0 aliphatic carbocycles. The third-order valence-electron chi connectivity index (χ3n) is 7.77. The highest BCUT2D eigenvalue weighted by atomic mass is 19.3. The maximum atomic E-state index is 16.5. The van der Waals surface area contributed by atoms with Crippen molar-refractivity contribution < 1.29 is 27.1 Å². The Kier molecular flexibility index (Phi) is 8.69. The normalized spacial score (nSPS) is 21.4. The number of H-pyrrole nitrogens is 1. The summed E-state index contributed by atoms with van der Waals surface area (Å²) in [5.41, 5.74) is -3.07. The van der Waals surface area contributed by atoms with Crippen LogP contribution in [0.3, 0.4) is 0 Å². The third kappa shape index (κ3) is 6.34. The molecule has 2 aliphatic rings. The van der Waals surface area contributed by atoms with E-state index in [0.717, 1.165) is 12.3 Å². The minimum Gasteiger partial charge on any atom is -0.372 e. The van der Waals surface area contributed by atoms with Crippen LogP contribution in [0.1, 0.15) is 43.1 Å². The molecule has 2 saturated heterocycles. The number of nitrogens with one attached hydrogen (secondary N) is 2. The van der Waals surface area contributed by atoms with E-state index in [9.17, 15) is 18.4 Å². The first-order chi connectivity index (χ1) is 20.4. The Labute approximate surface area is 245 Å². The second-order valence-electron chi connectivity index (χ2n) is 11.0. The summed E-state index contributed by atoms with van der Waals surface area (Å²) in [4.78, 5) is 41.6. The van der Waals surface area contributed by atoms with Crippen LogP contribution in [0.5, 0.6) is 0 Å². The summed E-state index contributed by atoms with van der Waals surface area (Å²) < 4.78 is 65.6. The minimum absolute atomic E-state index is 0.0236. The second kappa shape index (κ2) is 12.3. The Morgan fingerprint density at radius 1 is 1.09 bits per heavy atom. The summed E-state index contributed by atoms with van der Waals surface area (Å²) in [6.45, 7) is 8.09. The highest BCUT2D eigenvalue weighted by Crippen LogP contribution is 2.39. The standard InChI is InChI=1S/C29H33F4N7O3/c1-15-12-39(8-7-38(15)4)22-10-20(30)24(21-5-6-34-29(36-21)40-13-16(2)43-17(3)14-40)25(31)26(22)37-28(42)19-11-35-23(41)9-18(19)27(32)33/h5-6,9-11,15-17,27H,7-8,12-14H2,1-4H3,(H,35,41)(H,37,42)/t15-,16-,17+/m0/s1. The molecule has 0 bridgehead atoms. The summed E-state index contributed by atoms with van der Waals surface area (Å²) in [5.74, 6) is -2.86. The molecule has 0 spiro atoms. The number of carbonyl (C=O) groups excluding carboxylic acids is 1. The first kappa shape index (κ1) is 30.4. The average molecular weight is 604 g/mol. The Morgan fingerprint density at radius 3 is 2.49 bits per heavy atom. The SMILES string of the molecule is C[C@@H]1CN(c2nccc(-c3c(F)cc(N4CCN(C)[C@@H](C)C4)c(NC(=O)c4c[nH]c(=O)cc4C(F)F)c3F)n2)C[C@H](C)O1. The van der Waals surface area contributed by atoms with Gasteiger partial charge in [0.15, 0.2) is 5.82 Å². The van der Waals surface area contributed by atoms with Crippen LogP contribution in [-0.4, -0.2) is 83.8 Å². The van der Waals surface area contributed by atoms with Crippen LogP contribution >= 0.6 is 0 Å². The van der Waals surface area contributed by atoms with Gasteiger partial charge >= 0.3 is 0 Å². The monoisotopic (exact) mass is 603 g/mol. The number of morpholine rings is 1. The first-order valence-electron chi connectivity index (χ1n) is 14.0. The molecule has 0 unspecified atom stereocenters. The number of aromatic amines is 1. The maximum absolute atomic E-state index is 16.5. The molecule has 14 heteroatoms. The van der Waals surface area contributed by atoms with E-state index in [4.69, 9.17) is 4.74 Å². The van der Waals surface area contributed by atoms with Gasteiger partial charge in [-0.2, -0.15) is 0 Å². The van der Waals surface area contributed by atoms with Gasteiger partial charge in [-0.3, -0.25) is 9.59 Å². The molecule has 2 fully saturated rings. The molecule has 0 saturated carbocycles. The molecule has 3 aromatic rings. The van der Waals surface area contributed by atoms with Gasteiger partial charge in [0, 0.05) is 68.9 Å². The van der Waals surface area contributed by atoms with Gasteiger partial charge in [0.1, 0.15) is 11.5 Å². The number of carbonyl (C=O) groups is 1. The number of piperazine rings is 1. The predicted molar refractivity (Wildman–Crippen MR) is 154 cm³/mol. The number of aromatic nitrogens is 3. The Balaban J connectivity index is 1.60. The van der Waals surface area contributed by atoms with Crippen LogP contribution in [0, 0.1) is 11.6 Å². The smallest absolute Gasteiger partial charge is 0.264 e. The van der Waals surface area contributed by atoms with Crippen molar-refractivity contribution in [1.29, 1.82) is 0 Å². The van der Waals surface area contributed by atoms with Gasteiger partial charge in [-0.05, 0) is 33.9 Å². The van der Waals surface area contributed by atoms with Crippen molar-refractivity contribution >= 4 is 23.2 Å². The lowest BCUT2D eigenvalue weighted by molar-refractivity contribution is -0.00572. The molecule has 1 aromatic carbocycles. The number of anilines is 3. The van der Waals surface area contributed by atoms with E-state index in [1.807, 2.05) is 32.7 Å². The molecular weight excluding hydrogens is 570 g/mol. The quantitative estimate of drug-likeness (QED) is 0.407. The van der Waals surface area contributed by atoms with Gasteiger partial charge in [-0.25, -0.2) is 27.5 Å². The fraction of sp³-hybridized carbons (Fsp3) is 0.448. The molecule has 2 aromatic heterocycles. The summed E-state index contributed by atoms with van der Waals surface area (Å²) in [7, 11) is 1.93. The molecule has 0 radical (unpaired) electrons. The largest absolute Gasteiger partial charge is 0.372 e. The molecule has 10 nitrogen and oxygen atoms in total. The minimum atomic E-state index is -3.14. The van der Waals surface area contributed by atoms with E-state index in [-0.39, 0.29) is 35.6 Å². The van der Waals surface area contributed by atoms with E-state index in [0.29, 0.717) is 38.8 Å². The zero-order valence-electron chi connectivity index (χ0n) is 24.2. The lowest BCUT2D eigenvalue weighted by Gasteiger charge is -2.39. The molecule has 1 amide bonds. The topological polar surface area (TPSA) is 107 Å². The number of nitrogens with zero attached hydrogens (tertiary/aromatic N) is 5. The van der Waals surface area contributed by atoms with Gasteiger partial charge in [0.05, 0.1) is 34.7 Å². The molecule has 5 rings (SSSR count). The molecule has 230 valence electrons. The lowest BCUT2D eigenvalue weighted by Crippen LogP contribution is -2.50. The highest BCUT2D eigenvalue weighted by Gasteiger charge is 2.31. The molecule has 4 heterocycles. The predicted octanol–water partition coefficient (Wildman–Crippen LogP) is 4.05. The fourth-order valence-corrected chi connectivity index (χ4v) is 5.50. The number of hydrogen-bond donors (Lipinski definition) is 2. The lowest BCUT2D eigenvalue weighted by atomic mass is 10.0. The van der Waals surface area contributed by atoms with Crippen molar-refractivity contribution in [2.75, 3.05) is 54.9 Å². The molecule has 43 heavy (non-hydrogen) atoms. The maximum Gasteiger partial charge on any atom is 0.264 e. The number of rotatable bonds is 6. The van der Waals surface area contributed by atoms with E-state index in [2.05, 4.69) is 25.2 Å². The molecule has 3 atom stereocenters. The van der Waals surface area contributed by atoms with Crippen molar-refractivity contribution in [1.82, 2.24) is 19.9 Å². The molecular formula is C29H33F4N7O3. The van der Waals surface area contributed by atoms with Crippen LogP contribution in [0.4, 0.5) is 34.9 Å². The number of ether oxygens (including phenoxy) is 1. The van der Waals surface area contributed by atoms with Crippen molar-refractivity contribution in [3.05, 3.63) is 63.7 Å². The van der Waals surface area contributed by atoms with Gasteiger partial charge in [-0.1, -0.05) is 0 Å². The van der Waals surface area contributed by atoms with Gasteiger partial charge in [0.2, 0.25) is 11.5 Å². The van der Waals surface area contributed by atoms with Gasteiger partial charge in [-0.15, -0.1) is 0 Å². The summed E-state index contributed by atoms with van der Waals surface area (Å²) in [5, 5.41) is 2.40. The third-order valence-corrected chi connectivity index (χ3v) is 7.77. The molecule has 2 aliphatic heterocycles. The fourth-order valence-electron chi connectivity index (χ4n) is 5.50. The Morgan fingerprint density at radius 2 is 1.81 bits per heavy atom. The number of likely N-dealkylation sites (N-methyl/N-ethyl adjacent to an activating group) is 1. The van der Waals surface area contributed by atoms with Crippen LogP contribution < -0.4 is 20.7 Å². The van der Waals surface area contributed by atoms with Crippen LogP contribution in [0.2, 0.25) is 0 Å². The number of halogens is 4. The van der Waals surface area contributed by atoms with Crippen molar-refractivity contribution in [3.63, 3.8) is 0 Å². The first-order valence-corrected chi connectivity index (χ1v) is 14.0. The van der Waals surface area contributed by atoms with Crippen LogP contribution in [-0.2, 0) is 4.74 Å². The van der Waals surface area contributed by atoms with Crippen molar-refractivity contribution in [2.45, 2.75) is 45.4 Å². The van der Waals surface area contributed by atoms with Crippen molar-refractivity contribution in [3.8, 4) is 11.3 Å². The van der Waals surface area contributed by atoms with Crippen molar-refractivity contribution in [2.24, 2.45) is 0 Å². The summed E-state index contributed by atoms with van der Waals surface area (Å²) in [6, 6.07) is 3.12. The van der Waals surface area contributed by atoms with Gasteiger partial charge in [0.25, 0.3) is 12.3 Å². The van der Waals surface area contributed by atoms with E-state index < -0.39 is 51.9 Å². The number of alkyl halides is 2. The Bertz CT molecular complexity index is 1560. The molecule has 2 N–H and O–H groups in total. The zero-order valence-corrected chi connectivity index (χ0v) is 24.2. The summed E-state index contributed by atoms with van der Waals surface area (Å²) in [6.07, 6.45) is -1.12. The van der Waals surface area contributed by atoms with Crippen LogP contribution in [0.25, 0.3) is 11.3 Å². The number of benzene rings is 1. The average Bonchev–Trinajstić information content (AvgIpc) is 2.95. The van der Waals surface area contributed by atoms with E-state index >= 15 is 8.78 Å². The second-order valence-corrected chi connectivity index (χ2v) is 11.0. The van der Waals surface area contributed by atoms with E-state index in [1.165, 1.54) is 12.3 Å². The van der Waals surface area contributed by atoms with Gasteiger partial charge < -0.3 is 29.7 Å². The van der Waals surface area contributed by atoms with E-state index in [1.54, 1.807) is 4.90 Å². The number of hydrogen-bond acceptors (Lipinski definition) is 8. The summed E-state index contributed by atoms with van der Waals surface area (Å²) >= 11 is 0. The highest BCUT2D eigenvalue weighted by molar-refractivity contribution is 6.07.